The van der Waals surface area contributed by atoms with Gasteiger partial charge < -0.3 is 19.9 Å². The van der Waals surface area contributed by atoms with Crippen LogP contribution in [0.25, 0.3) is 0 Å². The fourth-order valence-electron chi connectivity index (χ4n) is 3.86. The van der Waals surface area contributed by atoms with Crippen molar-refractivity contribution in [2.45, 2.75) is 6.92 Å². The first-order valence-electron chi connectivity index (χ1n) is 9.42. The molecule has 0 bridgehead atoms. The van der Waals surface area contributed by atoms with E-state index in [0.29, 0.717) is 26.3 Å². The molecule has 1 saturated heterocycles. The van der Waals surface area contributed by atoms with Crippen LogP contribution in [0.1, 0.15) is 6.92 Å². The van der Waals surface area contributed by atoms with Crippen LogP contribution < -0.4 is 5.32 Å². The van der Waals surface area contributed by atoms with Crippen molar-refractivity contribution in [1.29, 1.82) is 0 Å². The van der Waals surface area contributed by atoms with Gasteiger partial charge in [0.2, 0.25) is 0 Å². The molecule has 142 valence electrons. The summed E-state index contributed by atoms with van der Waals surface area (Å²) in [5, 5.41) is 3.48. The average molecular weight is 366 g/mol. The average Bonchev–Trinajstić information content (AvgIpc) is 2.70. The Kier molecular flexibility index (Phi) is 4.90. The van der Waals surface area contributed by atoms with E-state index < -0.39 is 0 Å². The number of nitrogens with one attached hydrogen (secondary N) is 1. The summed E-state index contributed by atoms with van der Waals surface area (Å²) >= 11 is 0. The summed E-state index contributed by atoms with van der Waals surface area (Å²) in [6.45, 7) is 6.40. The van der Waals surface area contributed by atoms with Gasteiger partial charge in [0.1, 0.15) is 11.6 Å². The van der Waals surface area contributed by atoms with Crippen LogP contribution in [0.5, 0.6) is 0 Å². The molecule has 3 heterocycles. The van der Waals surface area contributed by atoms with Gasteiger partial charge in [-0.05, 0) is 19.1 Å². The van der Waals surface area contributed by atoms with Gasteiger partial charge in [0.15, 0.2) is 0 Å². The molecule has 3 aliphatic heterocycles. The zero-order valence-corrected chi connectivity index (χ0v) is 15.9. The van der Waals surface area contributed by atoms with E-state index in [1.165, 1.54) is 5.57 Å². The lowest BCUT2D eigenvalue weighted by Crippen LogP contribution is -2.50. The van der Waals surface area contributed by atoms with E-state index in [1.807, 2.05) is 30.1 Å². The third kappa shape index (κ3) is 3.57. The predicted octanol–water partition coefficient (Wildman–Crippen LogP) is 2.22. The Morgan fingerprint density at radius 3 is 2.59 bits per heavy atom. The quantitative estimate of drug-likeness (QED) is 0.885. The number of anilines is 1. The monoisotopic (exact) mass is 366 g/mol. The van der Waals surface area contributed by atoms with Gasteiger partial charge >= 0.3 is 0 Å². The van der Waals surface area contributed by atoms with Crippen LogP contribution in [0.4, 0.5) is 5.69 Å². The summed E-state index contributed by atoms with van der Waals surface area (Å²) in [5.74, 6) is 1.98. The van der Waals surface area contributed by atoms with Crippen molar-refractivity contribution in [2.75, 3.05) is 51.8 Å². The molecule has 0 unspecified atom stereocenters. The Morgan fingerprint density at radius 2 is 1.85 bits per heavy atom. The minimum atomic E-state index is 0.0502. The molecule has 27 heavy (non-hydrogen) atoms. The first kappa shape index (κ1) is 17.7. The predicted molar refractivity (Wildman–Crippen MR) is 106 cm³/mol. The summed E-state index contributed by atoms with van der Waals surface area (Å²) in [4.78, 5) is 19.1. The fraction of sp³-hybridized carbons (Fsp3) is 0.381. The lowest BCUT2D eigenvalue weighted by atomic mass is 10.0. The van der Waals surface area contributed by atoms with Crippen LogP contribution in [0.15, 0.2) is 65.3 Å². The molecule has 6 heteroatoms. The van der Waals surface area contributed by atoms with Crippen molar-refractivity contribution in [2.24, 2.45) is 0 Å². The molecule has 0 spiro atoms. The molecular formula is C21H26N4O2. The number of hydrogen-bond donors (Lipinski definition) is 1. The van der Waals surface area contributed by atoms with E-state index >= 15 is 0 Å². The number of fused-ring (bicyclic) bond motifs is 1. The second-order valence-electron chi connectivity index (χ2n) is 7.14. The highest BCUT2D eigenvalue weighted by Gasteiger charge is 2.34. The Morgan fingerprint density at radius 1 is 1.11 bits per heavy atom. The highest BCUT2D eigenvalue weighted by atomic mass is 16.5. The van der Waals surface area contributed by atoms with Crippen molar-refractivity contribution in [3.05, 3.63) is 65.3 Å². The number of carbonyl (C=O) groups is 1. The molecular weight excluding hydrogens is 340 g/mol. The van der Waals surface area contributed by atoms with Crippen LogP contribution >= 0.6 is 0 Å². The SMILES string of the molecule is CC1=CC(CNc2ccccc2)=C2N(C)C(N3CCOCC3)=CC(=O)N2C1. The lowest BCUT2D eigenvalue weighted by molar-refractivity contribution is -0.126. The van der Waals surface area contributed by atoms with Gasteiger partial charge in [-0.1, -0.05) is 29.8 Å². The lowest BCUT2D eigenvalue weighted by Gasteiger charge is -2.44. The van der Waals surface area contributed by atoms with Crippen molar-refractivity contribution in [1.82, 2.24) is 14.7 Å². The molecule has 0 atom stereocenters. The van der Waals surface area contributed by atoms with E-state index in [1.54, 1.807) is 6.08 Å². The standard InChI is InChI=1S/C21H26N4O2/c1-16-12-17(14-22-18-6-4-3-5-7-18)21-23(2)19(13-20(26)25(21)15-16)24-8-10-27-11-9-24/h3-7,12-13,22H,8-11,14-15H2,1-2H3. The molecule has 4 rings (SSSR count). The molecule has 3 aliphatic rings. The first-order valence-corrected chi connectivity index (χ1v) is 9.42. The highest BCUT2D eigenvalue weighted by molar-refractivity contribution is 5.91. The van der Waals surface area contributed by atoms with E-state index in [2.05, 4.69) is 40.2 Å². The minimum Gasteiger partial charge on any atom is -0.381 e. The maximum Gasteiger partial charge on any atom is 0.256 e. The molecule has 1 amide bonds. The maximum absolute atomic E-state index is 12.9. The first-order chi connectivity index (χ1) is 13.1. The van der Waals surface area contributed by atoms with Crippen LogP contribution in [-0.2, 0) is 9.53 Å². The van der Waals surface area contributed by atoms with E-state index in [9.17, 15) is 4.79 Å². The Labute approximate surface area is 160 Å². The zero-order valence-electron chi connectivity index (χ0n) is 15.9. The number of morpholine rings is 1. The molecule has 0 saturated carbocycles. The molecule has 0 aromatic heterocycles. The number of para-hydroxylation sites is 1. The van der Waals surface area contributed by atoms with Crippen molar-refractivity contribution >= 4 is 11.6 Å². The van der Waals surface area contributed by atoms with Gasteiger partial charge in [-0.2, -0.15) is 0 Å². The maximum atomic E-state index is 12.9. The van der Waals surface area contributed by atoms with Crippen molar-refractivity contribution in [3.63, 3.8) is 0 Å². The second kappa shape index (κ2) is 7.48. The van der Waals surface area contributed by atoms with Gasteiger partial charge in [0.05, 0.1) is 13.2 Å². The summed E-state index contributed by atoms with van der Waals surface area (Å²) in [6, 6.07) is 10.1. The topological polar surface area (TPSA) is 48.1 Å². The number of carbonyl (C=O) groups excluding carboxylic acids is 1. The molecule has 0 aliphatic carbocycles. The Hall–Kier alpha value is -2.73. The zero-order chi connectivity index (χ0) is 18.8. The smallest absolute Gasteiger partial charge is 0.256 e. The second-order valence-corrected chi connectivity index (χ2v) is 7.14. The Bertz CT molecular complexity index is 807. The third-order valence-corrected chi connectivity index (χ3v) is 5.14. The van der Waals surface area contributed by atoms with Gasteiger partial charge in [-0.25, -0.2) is 0 Å². The van der Waals surface area contributed by atoms with Gasteiger partial charge in [0, 0.05) is 50.6 Å². The molecule has 1 aromatic rings. The minimum absolute atomic E-state index is 0.0502. The molecule has 0 radical (unpaired) electrons. The van der Waals surface area contributed by atoms with Crippen LogP contribution in [0, 0.1) is 0 Å². The number of nitrogens with zero attached hydrogens (tertiary/aromatic N) is 3. The van der Waals surface area contributed by atoms with Crippen LogP contribution in [0.2, 0.25) is 0 Å². The van der Waals surface area contributed by atoms with E-state index in [4.69, 9.17) is 4.74 Å². The summed E-state index contributed by atoms with van der Waals surface area (Å²) in [5.41, 5.74) is 3.38. The number of rotatable bonds is 4. The largest absolute Gasteiger partial charge is 0.381 e. The van der Waals surface area contributed by atoms with Crippen LogP contribution in [-0.4, -0.2) is 67.0 Å². The van der Waals surface area contributed by atoms with Gasteiger partial charge in [0.25, 0.3) is 5.91 Å². The van der Waals surface area contributed by atoms with Gasteiger partial charge in [-0.15, -0.1) is 0 Å². The third-order valence-electron chi connectivity index (χ3n) is 5.14. The van der Waals surface area contributed by atoms with E-state index in [-0.39, 0.29) is 5.91 Å². The van der Waals surface area contributed by atoms with Crippen molar-refractivity contribution < 1.29 is 9.53 Å². The summed E-state index contributed by atoms with van der Waals surface area (Å²) < 4.78 is 5.47. The Balaban J connectivity index is 1.64. The molecule has 1 N–H and O–H groups in total. The van der Waals surface area contributed by atoms with Gasteiger partial charge in [-0.3, -0.25) is 9.69 Å². The number of amides is 1. The highest BCUT2D eigenvalue weighted by Crippen LogP contribution is 2.31. The normalized spacial score (nSPS) is 20.4. The molecule has 1 fully saturated rings. The van der Waals surface area contributed by atoms with Crippen molar-refractivity contribution in [3.8, 4) is 0 Å². The number of ether oxygens (including phenoxy) is 1. The van der Waals surface area contributed by atoms with Crippen LogP contribution in [0.3, 0.4) is 0 Å². The summed E-state index contributed by atoms with van der Waals surface area (Å²) in [6.07, 6.45) is 3.96. The summed E-state index contributed by atoms with van der Waals surface area (Å²) in [7, 11) is 2.05. The fourth-order valence-corrected chi connectivity index (χ4v) is 3.86. The molecule has 6 nitrogen and oxygen atoms in total. The number of hydrogen-bond acceptors (Lipinski definition) is 5. The number of benzene rings is 1. The van der Waals surface area contributed by atoms with E-state index in [0.717, 1.165) is 36.0 Å². The molecule has 1 aromatic carbocycles.